The molecule has 0 bridgehead atoms. The van der Waals surface area contributed by atoms with Gasteiger partial charge in [0, 0.05) is 24.3 Å². The van der Waals surface area contributed by atoms with E-state index in [1.165, 1.54) is 0 Å². The second-order valence-corrected chi connectivity index (χ2v) is 6.17. The molecule has 0 radical (unpaired) electrons. The SMILES string of the molecule is CCc1nc(NC)cc(SC(C)(C)C)n1. The minimum Gasteiger partial charge on any atom is -0.373 e. The Labute approximate surface area is 96.1 Å². The minimum atomic E-state index is 0.185. The normalized spacial score (nSPS) is 11.5. The predicted molar refractivity (Wildman–Crippen MR) is 66.6 cm³/mol. The second kappa shape index (κ2) is 4.84. The zero-order valence-electron chi connectivity index (χ0n) is 10.1. The van der Waals surface area contributed by atoms with Gasteiger partial charge in [0.25, 0.3) is 0 Å². The van der Waals surface area contributed by atoms with E-state index in [2.05, 4.69) is 43.0 Å². The largest absolute Gasteiger partial charge is 0.373 e. The maximum absolute atomic E-state index is 4.50. The Balaban J connectivity index is 2.97. The van der Waals surface area contributed by atoms with Crippen LogP contribution in [-0.2, 0) is 6.42 Å². The highest BCUT2D eigenvalue weighted by Gasteiger charge is 2.14. The molecular formula is C11H19N3S. The third-order valence-electron chi connectivity index (χ3n) is 1.73. The summed E-state index contributed by atoms with van der Waals surface area (Å²) in [7, 11) is 1.88. The molecule has 0 saturated heterocycles. The number of anilines is 1. The topological polar surface area (TPSA) is 37.8 Å². The summed E-state index contributed by atoms with van der Waals surface area (Å²) in [5, 5.41) is 4.10. The highest BCUT2D eigenvalue weighted by atomic mass is 32.2. The van der Waals surface area contributed by atoms with E-state index in [4.69, 9.17) is 0 Å². The van der Waals surface area contributed by atoms with Crippen molar-refractivity contribution in [2.45, 2.75) is 43.9 Å². The van der Waals surface area contributed by atoms with Crippen molar-refractivity contribution < 1.29 is 0 Å². The van der Waals surface area contributed by atoms with E-state index in [1.807, 2.05) is 13.1 Å². The predicted octanol–water partition coefficient (Wildman–Crippen LogP) is 2.97. The summed E-state index contributed by atoms with van der Waals surface area (Å²) in [6.45, 7) is 8.62. The molecule has 4 heteroatoms. The van der Waals surface area contributed by atoms with Gasteiger partial charge in [-0.15, -0.1) is 11.8 Å². The standard InChI is InChI=1S/C11H19N3S/c1-6-8-13-9(12-5)7-10(14-8)15-11(2,3)4/h7H,6H2,1-5H3,(H,12,13,14). The fourth-order valence-corrected chi connectivity index (χ4v) is 2.07. The number of hydrogen-bond acceptors (Lipinski definition) is 4. The van der Waals surface area contributed by atoms with Gasteiger partial charge in [-0.25, -0.2) is 9.97 Å². The van der Waals surface area contributed by atoms with E-state index < -0.39 is 0 Å². The Kier molecular flexibility index (Phi) is 3.97. The molecule has 0 saturated carbocycles. The monoisotopic (exact) mass is 225 g/mol. The van der Waals surface area contributed by atoms with Gasteiger partial charge in [-0.2, -0.15) is 0 Å². The van der Waals surface area contributed by atoms with E-state index in [9.17, 15) is 0 Å². The van der Waals surface area contributed by atoms with Crippen LogP contribution in [0.25, 0.3) is 0 Å². The number of nitrogens with one attached hydrogen (secondary N) is 1. The molecule has 1 aromatic rings. The highest BCUT2D eigenvalue weighted by molar-refractivity contribution is 8.00. The molecule has 84 valence electrons. The summed E-state index contributed by atoms with van der Waals surface area (Å²) in [4.78, 5) is 8.86. The highest BCUT2D eigenvalue weighted by Crippen LogP contribution is 2.31. The third-order valence-corrected chi connectivity index (χ3v) is 2.76. The van der Waals surface area contributed by atoms with Crippen LogP contribution in [0.3, 0.4) is 0 Å². The molecular weight excluding hydrogens is 206 g/mol. The molecule has 1 heterocycles. The number of thioether (sulfide) groups is 1. The Bertz CT molecular complexity index is 309. The first kappa shape index (κ1) is 12.3. The quantitative estimate of drug-likeness (QED) is 0.634. The van der Waals surface area contributed by atoms with Gasteiger partial charge >= 0.3 is 0 Å². The van der Waals surface area contributed by atoms with Gasteiger partial charge in [0.05, 0.1) is 0 Å². The van der Waals surface area contributed by atoms with Gasteiger partial charge < -0.3 is 5.32 Å². The summed E-state index contributed by atoms with van der Waals surface area (Å²) < 4.78 is 0.185. The van der Waals surface area contributed by atoms with Gasteiger partial charge in [0.15, 0.2) is 0 Å². The summed E-state index contributed by atoms with van der Waals surface area (Å²) >= 11 is 1.77. The average Bonchev–Trinajstić information content (AvgIpc) is 2.14. The van der Waals surface area contributed by atoms with Gasteiger partial charge in [0.2, 0.25) is 0 Å². The van der Waals surface area contributed by atoms with E-state index in [0.29, 0.717) is 0 Å². The van der Waals surface area contributed by atoms with Crippen molar-refractivity contribution in [2.24, 2.45) is 0 Å². The lowest BCUT2D eigenvalue weighted by atomic mass is 10.3. The molecule has 0 aliphatic carbocycles. The first-order valence-electron chi connectivity index (χ1n) is 5.19. The van der Waals surface area contributed by atoms with Crippen LogP contribution in [0.15, 0.2) is 11.1 Å². The number of nitrogens with zero attached hydrogens (tertiary/aromatic N) is 2. The average molecular weight is 225 g/mol. The Morgan fingerprint density at radius 3 is 2.47 bits per heavy atom. The Morgan fingerprint density at radius 2 is 2.00 bits per heavy atom. The number of aryl methyl sites for hydroxylation is 1. The summed E-state index contributed by atoms with van der Waals surface area (Å²) in [6, 6.07) is 2.00. The van der Waals surface area contributed by atoms with Crippen molar-refractivity contribution in [2.75, 3.05) is 12.4 Å². The zero-order valence-corrected chi connectivity index (χ0v) is 10.9. The fraction of sp³-hybridized carbons (Fsp3) is 0.636. The molecule has 0 unspecified atom stereocenters. The van der Waals surface area contributed by atoms with E-state index in [-0.39, 0.29) is 4.75 Å². The van der Waals surface area contributed by atoms with Gasteiger partial charge in [0.1, 0.15) is 16.7 Å². The smallest absolute Gasteiger partial charge is 0.131 e. The van der Waals surface area contributed by atoms with Gasteiger partial charge in [-0.05, 0) is 0 Å². The molecule has 0 aliphatic heterocycles. The van der Waals surface area contributed by atoms with Crippen molar-refractivity contribution in [3.05, 3.63) is 11.9 Å². The third kappa shape index (κ3) is 4.08. The van der Waals surface area contributed by atoms with Crippen LogP contribution in [-0.4, -0.2) is 21.8 Å². The zero-order chi connectivity index (χ0) is 11.5. The molecule has 0 atom stereocenters. The fourth-order valence-electron chi connectivity index (χ4n) is 1.12. The summed E-state index contributed by atoms with van der Waals surface area (Å²) in [5.41, 5.74) is 0. The van der Waals surface area contributed by atoms with E-state index in [1.54, 1.807) is 11.8 Å². The maximum Gasteiger partial charge on any atom is 0.131 e. The lowest BCUT2D eigenvalue weighted by Crippen LogP contribution is -2.09. The lowest BCUT2D eigenvalue weighted by molar-refractivity contribution is 0.794. The van der Waals surface area contributed by atoms with Crippen LogP contribution in [0.2, 0.25) is 0 Å². The van der Waals surface area contributed by atoms with Gasteiger partial charge in [-0.3, -0.25) is 0 Å². The first-order chi connectivity index (χ1) is 6.94. The number of rotatable bonds is 3. The molecule has 0 amide bonds. The Morgan fingerprint density at radius 1 is 1.33 bits per heavy atom. The van der Waals surface area contributed by atoms with Crippen LogP contribution in [0.5, 0.6) is 0 Å². The number of aromatic nitrogens is 2. The van der Waals surface area contributed by atoms with Crippen molar-refractivity contribution in [1.82, 2.24) is 9.97 Å². The van der Waals surface area contributed by atoms with Gasteiger partial charge in [-0.1, -0.05) is 27.7 Å². The molecule has 1 aromatic heterocycles. The molecule has 15 heavy (non-hydrogen) atoms. The molecule has 0 spiro atoms. The van der Waals surface area contributed by atoms with Crippen LogP contribution >= 0.6 is 11.8 Å². The molecule has 3 nitrogen and oxygen atoms in total. The lowest BCUT2D eigenvalue weighted by Gasteiger charge is -2.17. The van der Waals surface area contributed by atoms with Crippen LogP contribution in [0.1, 0.15) is 33.5 Å². The van der Waals surface area contributed by atoms with Crippen molar-refractivity contribution in [3.63, 3.8) is 0 Å². The second-order valence-electron chi connectivity index (χ2n) is 4.33. The molecule has 0 fully saturated rings. The Hall–Kier alpha value is -0.770. The van der Waals surface area contributed by atoms with Crippen molar-refractivity contribution >= 4 is 17.6 Å². The van der Waals surface area contributed by atoms with E-state index >= 15 is 0 Å². The number of hydrogen-bond donors (Lipinski definition) is 1. The molecule has 0 aromatic carbocycles. The van der Waals surface area contributed by atoms with E-state index in [0.717, 1.165) is 23.1 Å². The summed E-state index contributed by atoms with van der Waals surface area (Å²) in [6.07, 6.45) is 0.868. The van der Waals surface area contributed by atoms with Crippen molar-refractivity contribution in [1.29, 1.82) is 0 Å². The molecule has 0 aliphatic rings. The van der Waals surface area contributed by atoms with Crippen LogP contribution in [0.4, 0.5) is 5.82 Å². The van der Waals surface area contributed by atoms with Crippen LogP contribution < -0.4 is 5.32 Å². The maximum atomic E-state index is 4.50. The summed E-state index contributed by atoms with van der Waals surface area (Å²) in [5.74, 6) is 1.79. The van der Waals surface area contributed by atoms with Crippen molar-refractivity contribution in [3.8, 4) is 0 Å². The minimum absolute atomic E-state index is 0.185. The molecule has 1 rings (SSSR count). The van der Waals surface area contributed by atoms with Crippen LogP contribution in [0, 0.1) is 0 Å². The molecule has 1 N–H and O–H groups in total. The first-order valence-corrected chi connectivity index (χ1v) is 6.01.